The minimum Gasteiger partial charge on any atom is -0.355 e. The number of nitrogens with zero attached hydrogens (tertiary/aromatic N) is 6. The van der Waals surface area contributed by atoms with Gasteiger partial charge in [-0.15, -0.1) is 0 Å². The molecule has 2 fully saturated rings. The van der Waals surface area contributed by atoms with Gasteiger partial charge in [0.25, 0.3) is 0 Å². The lowest BCUT2D eigenvalue weighted by atomic mass is 10.1. The lowest BCUT2D eigenvalue weighted by Crippen LogP contribution is -2.32. The molecule has 0 aromatic carbocycles. The number of hydrogen-bond acceptors (Lipinski definition) is 6. The standard InChI is InChI=1S/C17H23ClN6/c1-12-19-13-14(15(20-12)23-8-4-2-5-9-23)21-17(18)22-16(13)24-10-6-3-7-11-24/h2-11H2,1H3. The Hall–Kier alpha value is -1.69. The average Bonchev–Trinajstić information content (AvgIpc) is 2.62. The number of anilines is 2. The van der Waals surface area contributed by atoms with E-state index in [-0.39, 0.29) is 5.28 Å². The fraction of sp³-hybridized carbons (Fsp3) is 0.647. The van der Waals surface area contributed by atoms with Gasteiger partial charge in [-0.3, -0.25) is 0 Å². The summed E-state index contributed by atoms with van der Waals surface area (Å²) in [4.78, 5) is 23.0. The molecule has 2 saturated heterocycles. The summed E-state index contributed by atoms with van der Waals surface area (Å²) in [5.74, 6) is 2.56. The third-order valence-corrected chi connectivity index (χ3v) is 5.07. The van der Waals surface area contributed by atoms with Gasteiger partial charge in [0, 0.05) is 26.2 Å². The number of piperidine rings is 2. The Balaban J connectivity index is 1.86. The van der Waals surface area contributed by atoms with E-state index < -0.39 is 0 Å². The van der Waals surface area contributed by atoms with Crippen LogP contribution in [-0.2, 0) is 0 Å². The summed E-state index contributed by atoms with van der Waals surface area (Å²) in [5, 5.41) is 0.286. The Labute approximate surface area is 147 Å². The monoisotopic (exact) mass is 346 g/mol. The van der Waals surface area contributed by atoms with Crippen LogP contribution in [0.5, 0.6) is 0 Å². The molecule has 24 heavy (non-hydrogen) atoms. The third-order valence-electron chi connectivity index (χ3n) is 4.90. The van der Waals surface area contributed by atoms with Crippen LogP contribution in [0.25, 0.3) is 11.0 Å². The third kappa shape index (κ3) is 2.99. The van der Waals surface area contributed by atoms with Gasteiger partial charge in [0.2, 0.25) is 5.28 Å². The van der Waals surface area contributed by atoms with Crippen molar-refractivity contribution in [3.8, 4) is 0 Å². The lowest BCUT2D eigenvalue weighted by molar-refractivity contribution is 0.572. The van der Waals surface area contributed by atoms with Gasteiger partial charge in [0.05, 0.1) is 0 Å². The largest absolute Gasteiger partial charge is 0.355 e. The van der Waals surface area contributed by atoms with Crippen LogP contribution >= 0.6 is 11.6 Å². The highest BCUT2D eigenvalue weighted by Gasteiger charge is 2.23. The molecule has 4 rings (SSSR count). The van der Waals surface area contributed by atoms with Crippen molar-refractivity contribution in [3.63, 3.8) is 0 Å². The molecule has 0 aliphatic carbocycles. The molecule has 2 aliphatic heterocycles. The van der Waals surface area contributed by atoms with Gasteiger partial charge < -0.3 is 9.80 Å². The summed E-state index contributed by atoms with van der Waals surface area (Å²) in [5.41, 5.74) is 1.64. The predicted octanol–water partition coefficient (Wildman–Crippen LogP) is 3.36. The van der Waals surface area contributed by atoms with Crippen LogP contribution in [0.3, 0.4) is 0 Å². The van der Waals surface area contributed by atoms with E-state index in [0.717, 1.165) is 54.7 Å². The summed E-state index contributed by atoms with van der Waals surface area (Å²) in [7, 11) is 0. The van der Waals surface area contributed by atoms with Crippen molar-refractivity contribution in [1.82, 2.24) is 19.9 Å². The van der Waals surface area contributed by atoms with Crippen molar-refractivity contribution in [2.45, 2.75) is 45.4 Å². The molecule has 0 unspecified atom stereocenters. The first-order valence-electron chi connectivity index (χ1n) is 8.94. The van der Waals surface area contributed by atoms with E-state index in [1.54, 1.807) is 0 Å². The second-order valence-corrected chi connectivity index (χ2v) is 7.04. The van der Waals surface area contributed by atoms with Gasteiger partial charge in [-0.25, -0.2) is 15.0 Å². The minimum atomic E-state index is 0.286. The normalized spacial score (nSPS) is 19.1. The maximum absolute atomic E-state index is 6.27. The van der Waals surface area contributed by atoms with Crippen LogP contribution in [0.15, 0.2) is 0 Å². The first-order chi connectivity index (χ1) is 11.7. The lowest BCUT2D eigenvalue weighted by Gasteiger charge is -2.30. The second-order valence-electron chi connectivity index (χ2n) is 6.70. The smallest absolute Gasteiger partial charge is 0.225 e. The van der Waals surface area contributed by atoms with E-state index in [9.17, 15) is 0 Å². The molecule has 2 aromatic heterocycles. The van der Waals surface area contributed by atoms with Crippen LogP contribution in [-0.4, -0.2) is 46.1 Å². The molecule has 0 spiro atoms. The molecule has 0 atom stereocenters. The number of hydrogen-bond donors (Lipinski definition) is 0. The predicted molar refractivity (Wildman–Crippen MR) is 97.0 cm³/mol. The molecule has 128 valence electrons. The quantitative estimate of drug-likeness (QED) is 0.777. The fourth-order valence-electron chi connectivity index (χ4n) is 3.72. The van der Waals surface area contributed by atoms with Gasteiger partial charge in [-0.2, -0.15) is 4.98 Å². The van der Waals surface area contributed by atoms with Crippen LogP contribution < -0.4 is 9.80 Å². The molecule has 4 heterocycles. The van der Waals surface area contributed by atoms with Crippen molar-refractivity contribution < 1.29 is 0 Å². The van der Waals surface area contributed by atoms with E-state index in [4.69, 9.17) is 16.6 Å². The Morgan fingerprint density at radius 3 is 1.75 bits per heavy atom. The molecule has 2 aromatic rings. The van der Waals surface area contributed by atoms with Crippen molar-refractivity contribution >= 4 is 34.3 Å². The van der Waals surface area contributed by atoms with E-state index >= 15 is 0 Å². The summed E-state index contributed by atoms with van der Waals surface area (Å²) >= 11 is 6.27. The number of aromatic nitrogens is 4. The summed E-state index contributed by atoms with van der Waals surface area (Å²) in [6.07, 6.45) is 7.33. The van der Waals surface area contributed by atoms with Crippen molar-refractivity contribution in [3.05, 3.63) is 11.1 Å². The highest BCUT2D eigenvalue weighted by Crippen LogP contribution is 2.32. The molecular formula is C17H23ClN6. The number of aryl methyl sites for hydroxylation is 1. The minimum absolute atomic E-state index is 0.286. The maximum Gasteiger partial charge on any atom is 0.225 e. The Morgan fingerprint density at radius 2 is 1.17 bits per heavy atom. The highest BCUT2D eigenvalue weighted by atomic mass is 35.5. The van der Waals surface area contributed by atoms with Gasteiger partial charge in [0.1, 0.15) is 16.9 Å². The summed E-state index contributed by atoms with van der Waals surface area (Å²) in [6.45, 7) is 6.00. The number of rotatable bonds is 2. The Kier molecular flexibility index (Phi) is 4.39. The second kappa shape index (κ2) is 6.67. The highest BCUT2D eigenvalue weighted by molar-refractivity contribution is 6.29. The number of halogens is 1. The zero-order valence-corrected chi connectivity index (χ0v) is 14.9. The molecule has 7 heteroatoms. The van der Waals surface area contributed by atoms with E-state index in [2.05, 4.69) is 24.8 Å². The van der Waals surface area contributed by atoms with Crippen LogP contribution in [0.1, 0.15) is 44.3 Å². The summed E-state index contributed by atoms with van der Waals surface area (Å²) in [6, 6.07) is 0. The zero-order valence-electron chi connectivity index (χ0n) is 14.1. The molecule has 0 saturated carbocycles. The Bertz CT molecular complexity index is 674. The molecular weight excluding hydrogens is 324 g/mol. The molecule has 6 nitrogen and oxygen atoms in total. The van der Waals surface area contributed by atoms with Crippen LogP contribution in [0.4, 0.5) is 11.6 Å². The molecule has 0 radical (unpaired) electrons. The van der Waals surface area contributed by atoms with Crippen LogP contribution in [0.2, 0.25) is 5.28 Å². The molecule has 0 bridgehead atoms. The molecule has 2 aliphatic rings. The van der Waals surface area contributed by atoms with Gasteiger partial charge in [-0.1, -0.05) is 0 Å². The molecule has 0 N–H and O–H groups in total. The zero-order chi connectivity index (χ0) is 16.5. The van der Waals surface area contributed by atoms with Crippen molar-refractivity contribution in [2.75, 3.05) is 36.0 Å². The Morgan fingerprint density at radius 1 is 0.667 bits per heavy atom. The topological polar surface area (TPSA) is 58.0 Å². The maximum atomic E-state index is 6.27. The van der Waals surface area contributed by atoms with Crippen molar-refractivity contribution in [1.29, 1.82) is 0 Å². The fourth-order valence-corrected chi connectivity index (χ4v) is 3.89. The first-order valence-corrected chi connectivity index (χ1v) is 9.32. The molecule has 0 amide bonds. The number of fused-ring (bicyclic) bond motifs is 1. The summed E-state index contributed by atoms with van der Waals surface area (Å²) < 4.78 is 0. The van der Waals surface area contributed by atoms with Gasteiger partial charge >= 0.3 is 0 Å². The first kappa shape index (κ1) is 15.8. The van der Waals surface area contributed by atoms with Crippen molar-refractivity contribution in [2.24, 2.45) is 0 Å². The van der Waals surface area contributed by atoms with E-state index in [1.807, 2.05) is 6.92 Å². The van der Waals surface area contributed by atoms with Gasteiger partial charge in [0.15, 0.2) is 11.6 Å². The van der Waals surface area contributed by atoms with E-state index in [0.29, 0.717) is 0 Å². The SMILES string of the molecule is Cc1nc(N2CCCCC2)c2nc(Cl)nc(N3CCCCC3)c2n1. The average molecular weight is 347 g/mol. The van der Waals surface area contributed by atoms with E-state index in [1.165, 1.54) is 38.5 Å². The van der Waals surface area contributed by atoms with Gasteiger partial charge in [-0.05, 0) is 57.0 Å². The van der Waals surface area contributed by atoms with Crippen LogP contribution in [0, 0.1) is 6.92 Å².